The Labute approximate surface area is 210 Å². The van der Waals surface area contributed by atoms with Gasteiger partial charge < -0.3 is 19.7 Å². The molecule has 0 amide bonds. The molecule has 5 nitrogen and oxygen atoms in total. The fourth-order valence-corrected chi connectivity index (χ4v) is 7.77. The van der Waals surface area contributed by atoms with E-state index < -0.39 is 0 Å². The Hall–Kier alpha value is -1.59. The smallest absolute Gasteiger partial charge is 0.344 e. The van der Waals surface area contributed by atoms with E-state index in [9.17, 15) is 15.0 Å². The van der Waals surface area contributed by atoms with Crippen molar-refractivity contribution in [3.8, 4) is 5.75 Å². The monoisotopic (exact) mass is 484 g/mol. The van der Waals surface area contributed by atoms with Crippen LogP contribution >= 0.6 is 0 Å². The van der Waals surface area contributed by atoms with Crippen LogP contribution < -0.4 is 4.74 Å². The standard InChI is InChI=1S/C30H44O5/c1-2-3-4-7-23(31)11-12-24-25-15-20-6-5-8-28(26(20)16-22(25)17-27(24)32)34-18-30(33)35-29-14-19-9-10-21(29)13-19/h5-6,8,19,21-25,27,29,31-32H,2-4,7,9-18H2,1H3/t19-,21+,22+,23+,24-,25+,27-,29+/m1/s1. The maximum atomic E-state index is 12.5. The van der Waals surface area contributed by atoms with Crippen molar-refractivity contribution in [1.82, 2.24) is 0 Å². The van der Waals surface area contributed by atoms with Crippen LogP contribution in [0.1, 0.15) is 88.7 Å². The van der Waals surface area contributed by atoms with Crippen LogP contribution in [0.25, 0.3) is 0 Å². The molecule has 5 heteroatoms. The molecule has 5 rings (SSSR count). The third-order valence-electron chi connectivity index (χ3n) is 9.62. The first-order valence-electron chi connectivity index (χ1n) is 14.3. The molecule has 8 atom stereocenters. The maximum absolute atomic E-state index is 12.5. The summed E-state index contributed by atoms with van der Waals surface area (Å²) >= 11 is 0. The molecule has 2 bridgehead atoms. The molecule has 0 aliphatic heterocycles. The minimum Gasteiger partial charge on any atom is -0.482 e. The van der Waals surface area contributed by atoms with Gasteiger partial charge in [-0.15, -0.1) is 0 Å². The zero-order valence-electron chi connectivity index (χ0n) is 21.4. The molecule has 1 aromatic rings. The second kappa shape index (κ2) is 11.2. The fraction of sp³-hybridized carbons (Fsp3) is 0.767. The van der Waals surface area contributed by atoms with Gasteiger partial charge in [-0.25, -0.2) is 4.79 Å². The summed E-state index contributed by atoms with van der Waals surface area (Å²) < 4.78 is 11.8. The zero-order valence-corrected chi connectivity index (χ0v) is 21.4. The lowest BCUT2D eigenvalue weighted by atomic mass is 9.73. The van der Waals surface area contributed by atoms with Crippen molar-refractivity contribution < 1.29 is 24.5 Å². The largest absolute Gasteiger partial charge is 0.482 e. The van der Waals surface area contributed by atoms with Gasteiger partial charge in [0.05, 0.1) is 12.2 Å². The average molecular weight is 485 g/mol. The van der Waals surface area contributed by atoms with Crippen LogP contribution in [0.3, 0.4) is 0 Å². The molecule has 0 saturated heterocycles. The van der Waals surface area contributed by atoms with E-state index in [2.05, 4.69) is 13.0 Å². The molecular formula is C30H44O5. The molecule has 4 aliphatic carbocycles. The summed E-state index contributed by atoms with van der Waals surface area (Å²) in [6.07, 6.45) is 12.9. The summed E-state index contributed by atoms with van der Waals surface area (Å²) in [6.45, 7) is 2.16. The first-order chi connectivity index (χ1) is 17.0. The molecule has 3 saturated carbocycles. The molecule has 3 fully saturated rings. The Balaban J connectivity index is 1.15. The van der Waals surface area contributed by atoms with Gasteiger partial charge in [0.2, 0.25) is 0 Å². The van der Waals surface area contributed by atoms with Crippen LogP contribution in [-0.4, -0.2) is 41.1 Å². The van der Waals surface area contributed by atoms with Gasteiger partial charge in [-0.1, -0.05) is 38.3 Å². The van der Waals surface area contributed by atoms with E-state index >= 15 is 0 Å². The fourth-order valence-electron chi connectivity index (χ4n) is 7.77. The topological polar surface area (TPSA) is 76.0 Å². The second-order valence-electron chi connectivity index (χ2n) is 11.9. The lowest BCUT2D eigenvalue weighted by molar-refractivity contribution is -0.153. The normalized spacial score (nSPS) is 33.9. The van der Waals surface area contributed by atoms with Crippen molar-refractivity contribution in [1.29, 1.82) is 0 Å². The summed E-state index contributed by atoms with van der Waals surface area (Å²) in [4.78, 5) is 12.5. The third-order valence-corrected chi connectivity index (χ3v) is 9.62. The number of ether oxygens (including phenoxy) is 2. The van der Waals surface area contributed by atoms with E-state index in [-0.39, 0.29) is 36.8 Å². The van der Waals surface area contributed by atoms with Gasteiger partial charge >= 0.3 is 5.97 Å². The molecule has 2 N–H and O–H groups in total. The molecule has 4 aliphatic rings. The van der Waals surface area contributed by atoms with Crippen LogP contribution in [0.5, 0.6) is 5.75 Å². The van der Waals surface area contributed by atoms with Gasteiger partial charge in [-0.05, 0) is 111 Å². The summed E-state index contributed by atoms with van der Waals surface area (Å²) in [5, 5.41) is 21.3. The third kappa shape index (κ3) is 5.72. The number of esters is 1. The molecule has 194 valence electrons. The van der Waals surface area contributed by atoms with Crippen LogP contribution in [0.15, 0.2) is 18.2 Å². The van der Waals surface area contributed by atoms with Gasteiger partial charge in [-0.2, -0.15) is 0 Å². The van der Waals surface area contributed by atoms with Crippen molar-refractivity contribution in [3.05, 3.63) is 29.3 Å². The number of carbonyl (C=O) groups is 1. The van der Waals surface area contributed by atoms with Gasteiger partial charge in [-0.3, -0.25) is 0 Å². The Morgan fingerprint density at radius 1 is 1.09 bits per heavy atom. The van der Waals surface area contributed by atoms with E-state index in [1.807, 2.05) is 12.1 Å². The maximum Gasteiger partial charge on any atom is 0.344 e. The summed E-state index contributed by atoms with van der Waals surface area (Å²) in [5.74, 6) is 3.02. The van der Waals surface area contributed by atoms with Crippen molar-refractivity contribution >= 4 is 5.97 Å². The van der Waals surface area contributed by atoms with Crippen molar-refractivity contribution in [2.24, 2.45) is 29.6 Å². The van der Waals surface area contributed by atoms with Gasteiger partial charge in [0, 0.05) is 0 Å². The highest BCUT2D eigenvalue weighted by Gasteiger charge is 2.45. The van der Waals surface area contributed by atoms with Crippen LogP contribution in [0.4, 0.5) is 0 Å². The molecule has 35 heavy (non-hydrogen) atoms. The molecule has 1 aromatic carbocycles. The van der Waals surface area contributed by atoms with Gasteiger partial charge in [0.1, 0.15) is 11.9 Å². The highest BCUT2D eigenvalue weighted by atomic mass is 16.6. The first-order valence-corrected chi connectivity index (χ1v) is 14.3. The Morgan fingerprint density at radius 3 is 2.74 bits per heavy atom. The number of hydrogen-bond acceptors (Lipinski definition) is 5. The summed E-state index contributed by atoms with van der Waals surface area (Å²) in [7, 11) is 0. The minimum atomic E-state index is -0.289. The zero-order chi connectivity index (χ0) is 24.4. The van der Waals surface area contributed by atoms with Crippen molar-refractivity contribution in [2.45, 2.75) is 109 Å². The van der Waals surface area contributed by atoms with Crippen LogP contribution in [-0.2, 0) is 22.4 Å². The van der Waals surface area contributed by atoms with E-state index in [0.717, 1.165) is 63.0 Å². The number of fused-ring (bicyclic) bond motifs is 4. The molecular weight excluding hydrogens is 440 g/mol. The molecule has 0 radical (unpaired) electrons. The molecule has 0 aromatic heterocycles. The number of aliphatic hydroxyl groups is 2. The quantitative estimate of drug-likeness (QED) is 0.332. The Morgan fingerprint density at radius 2 is 1.97 bits per heavy atom. The number of benzene rings is 1. The number of carbonyl (C=O) groups excluding carboxylic acids is 1. The SMILES string of the molecule is CCCCC[C@H](O)CC[C@@H]1[C@H]2Cc3cccc(OCC(=O)O[C@H]4C[C@@H]5CC[C@H]4C5)c3C[C@H]2C[C@H]1O. The number of aliphatic hydroxyl groups excluding tert-OH is 2. The highest BCUT2D eigenvalue weighted by Crippen LogP contribution is 2.49. The van der Waals surface area contributed by atoms with Crippen LogP contribution in [0, 0.1) is 29.6 Å². The number of unbranched alkanes of at least 4 members (excludes halogenated alkanes) is 2. The van der Waals surface area contributed by atoms with Gasteiger partial charge in [0.25, 0.3) is 0 Å². The minimum absolute atomic E-state index is 0.0282. The number of rotatable bonds is 11. The molecule has 0 heterocycles. The number of hydrogen-bond donors (Lipinski definition) is 2. The second-order valence-corrected chi connectivity index (χ2v) is 11.9. The van der Waals surface area contributed by atoms with E-state index in [1.165, 1.54) is 43.2 Å². The van der Waals surface area contributed by atoms with Crippen molar-refractivity contribution in [3.63, 3.8) is 0 Å². The predicted molar refractivity (Wildman–Crippen MR) is 135 cm³/mol. The Bertz CT molecular complexity index is 868. The molecule has 0 spiro atoms. The van der Waals surface area contributed by atoms with E-state index in [4.69, 9.17) is 9.47 Å². The molecule has 0 unspecified atom stereocenters. The Kier molecular flexibility index (Phi) is 8.03. The lowest BCUT2D eigenvalue weighted by Crippen LogP contribution is -2.29. The lowest BCUT2D eigenvalue weighted by Gasteiger charge is -2.32. The highest BCUT2D eigenvalue weighted by molar-refractivity contribution is 5.71. The van der Waals surface area contributed by atoms with E-state index in [1.54, 1.807) is 0 Å². The summed E-state index contributed by atoms with van der Waals surface area (Å²) in [5.41, 5.74) is 2.49. The first kappa shape index (κ1) is 25.1. The van der Waals surface area contributed by atoms with E-state index in [0.29, 0.717) is 17.8 Å². The van der Waals surface area contributed by atoms with Crippen molar-refractivity contribution in [2.75, 3.05) is 6.61 Å². The van der Waals surface area contributed by atoms with Crippen LogP contribution in [0.2, 0.25) is 0 Å². The summed E-state index contributed by atoms with van der Waals surface area (Å²) in [6, 6.07) is 6.17. The van der Waals surface area contributed by atoms with Gasteiger partial charge in [0.15, 0.2) is 6.61 Å². The predicted octanol–water partition coefficient (Wildman–Crippen LogP) is 5.23. The average Bonchev–Trinajstić information content (AvgIpc) is 3.54.